The first-order valence-corrected chi connectivity index (χ1v) is 15.0. The average molecular weight is 526 g/mol. The van der Waals surface area contributed by atoms with Gasteiger partial charge in [0, 0.05) is 28.1 Å². The van der Waals surface area contributed by atoms with Crippen molar-refractivity contribution >= 4 is 0 Å². The summed E-state index contributed by atoms with van der Waals surface area (Å²) in [4.78, 5) is 5.21. The van der Waals surface area contributed by atoms with Crippen molar-refractivity contribution in [2.45, 2.75) is 156 Å². The molecule has 2 aliphatic rings. The van der Waals surface area contributed by atoms with Crippen LogP contribution in [-0.4, -0.2) is 51.2 Å². The number of hydrogen-bond donors (Lipinski definition) is 1. The molecule has 2 heterocycles. The fraction of sp³-hybridized carbons (Fsp3) is 0.800. The Morgan fingerprint density at radius 2 is 0.895 bits per heavy atom. The molecule has 1 N–H and O–H groups in total. The van der Waals surface area contributed by atoms with Crippen LogP contribution < -0.4 is 0 Å². The Bertz CT molecular complexity index is 904. The van der Waals surface area contributed by atoms with Crippen LogP contribution in [0.5, 0.6) is 5.75 Å². The smallest absolute Gasteiger partial charge is 0.123 e. The lowest BCUT2D eigenvalue weighted by molar-refractivity contribution is -0.0475. The average Bonchev–Trinajstić information content (AvgIpc) is 2.69. The van der Waals surface area contributed by atoms with Crippen LogP contribution >= 0.6 is 0 Å². The van der Waals surface area contributed by atoms with E-state index in [1.54, 1.807) is 5.92 Å². The predicted octanol–water partition coefficient (Wildman–Crippen LogP) is 8.71. The Morgan fingerprint density at radius 3 is 1.13 bits per heavy atom. The van der Waals surface area contributed by atoms with Crippen LogP contribution in [0.25, 0.3) is 0 Å². The van der Waals surface area contributed by atoms with Gasteiger partial charge in [0.2, 0.25) is 0 Å². The maximum Gasteiger partial charge on any atom is 0.123 e. The minimum atomic E-state index is -0.137. The van der Waals surface area contributed by atoms with E-state index in [4.69, 9.17) is 0 Å². The molecule has 2 saturated heterocycles. The van der Waals surface area contributed by atoms with E-state index in [0.717, 1.165) is 36.8 Å². The first-order valence-electron chi connectivity index (χ1n) is 15.0. The van der Waals surface area contributed by atoms with Crippen molar-refractivity contribution in [3.63, 3.8) is 0 Å². The third-order valence-electron chi connectivity index (χ3n) is 10.6. The highest BCUT2D eigenvalue weighted by atomic mass is 16.3. The Hall–Kier alpha value is -1.06. The van der Waals surface area contributed by atoms with Gasteiger partial charge in [-0.1, -0.05) is 53.7 Å². The molecule has 38 heavy (non-hydrogen) atoms. The molecule has 0 aliphatic carbocycles. The first kappa shape index (κ1) is 31.5. The van der Waals surface area contributed by atoms with Crippen molar-refractivity contribution in [2.75, 3.05) is 14.1 Å². The van der Waals surface area contributed by atoms with E-state index < -0.39 is 0 Å². The topological polar surface area (TPSA) is 26.7 Å². The molecule has 2 aliphatic heterocycles. The van der Waals surface area contributed by atoms with E-state index >= 15 is 0 Å². The molecule has 1 aromatic rings. The van der Waals surface area contributed by atoms with Crippen molar-refractivity contribution in [1.29, 1.82) is 0 Å². The standard InChI is InChI=1S/C35H61N2O/c1-30(2,3)26-17-23(18-27(29(26)38)31(4,5)6)28(24-19-32(7,8)36(15)33(9,10)20-24)25-21-34(11,12)37(16)35(13,14)22-25/h17-18,24-25,38H,19-22H2,1-16H3. The quantitative estimate of drug-likeness (QED) is 0.427. The van der Waals surface area contributed by atoms with Gasteiger partial charge in [-0.2, -0.15) is 0 Å². The fourth-order valence-corrected chi connectivity index (χ4v) is 7.93. The summed E-state index contributed by atoms with van der Waals surface area (Å²) >= 11 is 0. The van der Waals surface area contributed by atoms with Crippen molar-refractivity contribution in [3.05, 3.63) is 34.7 Å². The van der Waals surface area contributed by atoms with Crippen molar-refractivity contribution in [2.24, 2.45) is 11.8 Å². The largest absolute Gasteiger partial charge is 0.507 e. The highest BCUT2D eigenvalue weighted by molar-refractivity contribution is 5.53. The zero-order chi connectivity index (χ0) is 29.4. The van der Waals surface area contributed by atoms with E-state index in [2.05, 4.69) is 133 Å². The molecule has 3 heteroatoms. The van der Waals surface area contributed by atoms with Crippen molar-refractivity contribution in [1.82, 2.24) is 9.80 Å². The van der Waals surface area contributed by atoms with Gasteiger partial charge >= 0.3 is 0 Å². The summed E-state index contributed by atoms with van der Waals surface area (Å²) in [7, 11) is 4.63. The molecule has 0 saturated carbocycles. The molecule has 1 aromatic carbocycles. The van der Waals surface area contributed by atoms with Gasteiger partial charge < -0.3 is 5.11 Å². The molecule has 0 aromatic heterocycles. The number of piperidine rings is 2. The Labute approximate surface area is 236 Å². The molecular formula is C35H61N2O. The molecule has 0 unspecified atom stereocenters. The van der Waals surface area contributed by atoms with Crippen LogP contribution in [-0.2, 0) is 10.8 Å². The zero-order valence-corrected chi connectivity index (χ0v) is 28.0. The lowest BCUT2D eigenvalue weighted by atomic mass is 9.59. The van der Waals surface area contributed by atoms with Crippen LogP contribution in [0.4, 0.5) is 0 Å². The number of benzene rings is 1. The summed E-state index contributed by atoms with van der Waals surface area (Å²) in [6.45, 7) is 32.9. The Kier molecular flexibility index (Phi) is 7.87. The monoisotopic (exact) mass is 525 g/mol. The zero-order valence-electron chi connectivity index (χ0n) is 28.0. The molecule has 0 amide bonds. The normalized spacial score (nSPS) is 25.2. The summed E-state index contributed by atoms with van der Waals surface area (Å²) in [6, 6.07) is 4.74. The molecule has 0 bridgehead atoms. The van der Waals surface area contributed by atoms with Crippen molar-refractivity contribution in [3.8, 4) is 5.75 Å². The van der Waals surface area contributed by atoms with Crippen LogP contribution in [0.15, 0.2) is 12.1 Å². The van der Waals surface area contributed by atoms with E-state index in [9.17, 15) is 5.11 Å². The van der Waals surface area contributed by atoms with Gasteiger partial charge in [0.25, 0.3) is 0 Å². The van der Waals surface area contributed by atoms with Gasteiger partial charge in [-0.05, 0) is 135 Å². The second-order valence-electron chi connectivity index (χ2n) is 17.5. The van der Waals surface area contributed by atoms with Crippen LogP contribution in [0.2, 0.25) is 0 Å². The number of rotatable bonds is 3. The summed E-state index contributed by atoms with van der Waals surface area (Å²) < 4.78 is 0. The van der Waals surface area contributed by atoms with Gasteiger partial charge in [-0.3, -0.25) is 9.80 Å². The number of likely N-dealkylation sites (tertiary alicyclic amines) is 2. The summed E-state index contributed by atoms with van der Waals surface area (Å²) in [5.74, 6) is 3.13. The Balaban J connectivity index is 2.30. The molecule has 2 fully saturated rings. The second-order valence-corrected chi connectivity index (χ2v) is 17.5. The molecule has 217 valence electrons. The predicted molar refractivity (Wildman–Crippen MR) is 165 cm³/mol. The van der Waals surface area contributed by atoms with Gasteiger partial charge in [0.1, 0.15) is 5.75 Å². The van der Waals surface area contributed by atoms with Gasteiger partial charge in [0.15, 0.2) is 0 Å². The number of aromatic hydroxyl groups is 1. The summed E-state index contributed by atoms with van der Waals surface area (Å²) in [6.07, 6.45) is 4.64. The highest BCUT2D eigenvalue weighted by Crippen LogP contribution is 2.54. The third kappa shape index (κ3) is 5.85. The fourth-order valence-electron chi connectivity index (χ4n) is 7.93. The summed E-state index contributed by atoms with van der Waals surface area (Å²) in [5.41, 5.74) is 3.72. The van der Waals surface area contributed by atoms with E-state index in [-0.39, 0.29) is 33.0 Å². The number of phenolic OH excluding ortho intramolecular Hbond substituents is 1. The lowest BCUT2D eigenvalue weighted by Crippen LogP contribution is -2.61. The minimum absolute atomic E-state index is 0.116. The van der Waals surface area contributed by atoms with E-state index in [1.807, 2.05) is 0 Å². The highest BCUT2D eigenvalue weighted by Gasteiger charge is 2.51. The first-order chi connectivity index (χ1) is 16.8. The van der Waals surface area contributed by atoms with Gasteiger partial charge in [-0.15, -0.1) is 0 Å². The minimum Gasteiger partial charge on any atom is -0.507 e. The lowest BCUT2D eigenvalue weighted by Gasteiger charge is -2.59. The molecular weight excluding hydrogens is 464 g/mol. The SMILES string of the molecule is CN1C(C)(C)CC([C](c2cc(C(C)(C)C)c(O)c(C(C)(C)C)c2)C2CC(C)(C)N(C)C(C)(C)C2)CC1(C)C. The third-order valence-corrected chi connectivity index (χ3v) is 10.6. The summed E-state index contributed by atoms with van der Waals surface area (Å²) in [5, 5.41) is 11.6. The molecule has 3 nitrogen and oxygen atoms in total. The van der Waals surface area contributed by atoms with Gasteiger partial charge in [-0.25, -0.2) is 0 Å². The number of nitrogens with zero attached hydrogens (tertiary/aromatic N) is 2. The molecule has 3 rings (SSSR count). The van der Waals surface area contributed by atoms with Crippen LogP contribution in [0, 0.1) is 17.8 Å². The maximum atomic E-state index is 11.6. The van der Waals surface area contributed by atoms with Crippen molar-refractivity contribution < 1.29 is 5.11 Å². The maximum absolute atomic E-state index is 11.6. The number of hydrogen-bond acceptors (Lipinski definition) is 3. The Morgan fingerprint density at radius 1 is 0.632 bits per heavy atom. The molecule has 0 spiro atoms. The second kappa shape index (κ2) is 9.51. The molecule has 1 radical (unpaired) electrons. The van der Waals surface area contributed by atoms with Crippen LogP contribution in [0.1, 0.15) is 139 Å². The van der Waals surface area contributed by atoms with Crippen LogP contribution in [0.3, 0.4) is 0 Å². The van der Waals surface area contributed by atoms with E-state index in [1.165, 1.54) is 5.56 Å². The van der Waals surface area contributed by atoms with E-state index in [0.29, 0.717) is 17.6 Å². The van der Waals surface area contributed by atoms with Gasteiger partial charge in [0.05, 0.1) is 0 Å². The molecule has 0 atom stereocenters. The number of phenols is 1.